The molecule has 0 radical (unpaired) electrons. The predicted molar refractivity (Wildman–Crippen MR) is 78.0 cm³/mol. The van der Waals surface area contributed by atoms with Crippen molar-refractivity contribution in [2.75, 3.05) is 39.6 Å². The minimum Gasteiger partial charge on any atom is -0.454 e. The minimum atomic E-state index is -0.324. The van der Waals surface area contributed by atoms with Crippen molar-refractivity contribution >= 4 is 15.9 Å². The third kappa shape index (κ3) is 2.77. The van der Waals surface area contributed by atoms with Crippen molar-refractivity contribution in [3.05, 3.63) is 22.2 Å². The Bertz CT molecular complexity index is 480. The molecule has 2 aliphatic heterocycles. The first-order valence-corrected chi connectivity index (χ1v) is 7.68. The molecule has 0 amide bonds. The lowest BCUT2D eigenvalue weighted by Gasteiger charge is -2.35. The van der Waals surface area contributed by atoms with Crippen molar-refractivity contribution in [2.24, 2.45) is 0 Å². The van der Waals surface area contributed by atoms with Crippen molar-refractivity contribution < 1.29 is 13.9 Å². The lowest BCUT2D eigenvalue weighted by molar-refractivity contribution is 0.156. The number of hydrogen-bond acceptors (Lipinski definition) is 4. The summed E-state index contributed by atoms with van der Waals surface area (Å²) in [6.07, 6.45) is 0.498. The summed E-state index contributed by atoms with van der Waals surface area (Å²) in [5.41, 5.74) is 1.08. The van der Waals surface area contributed by atoms with E-state index in [0.29, 0.717) is 6.42 Å². The average Bonchev–Trinajstić information content (AvgIpc) is 2.92. The summed E-state index contributed by atoms with van der Waals surface area (Å²) >= 11 is 3.59. The number of alkyl halides is 1. The minimum absolute atomic E-state index is 0.0750. The van der Waals surface area contributed by atoms with Crippen molar-refractivity contribution in [1.82, 2.24) is 10.2 Å². The highest BCUT2D eigenvalue weighted by atomic mass is 79.9. The standard InChI is InChI=1S/C14H18BrFN2O2/c15-11-8-14-13(19-9-20-14)7-10(11)12(1-2-16)18-5-3-17-4-6-18/h7-8,12,17H,1-6,9H2/t12-/m1/s1. The van der Waals surface area contributed by atoms with E-state index in [1.807, 2.05) is 12.1 Å². The van der Waals surface area contributed by atoms with Gasteiger partial charge < -0.3 is 14.8 Å². The van der Waals surface area contributed by atoms with E-state index < -0.39 is 0 Å². The fourth-order valence-electron chi connectivity index (χ4n) is 2.82. The number of fused-ring (bicyclic) bond motifs is 1. The largest absolute Gasteiger partial charge is 0.454 e. The van der Waals surface area contributed by atoms with Gasteiger partial charge in [0.05, 0.1) is 6.67 Å². The van der Waals surface area contributed by atoms with Gasteiger partial charge in [0.25, 0.3) is 0 Å². The van der Waals surface area contributed by atoms with E-state index in [1.165, 1.54) is 0 Å². The van der Waals surface area contributed by atoms with Gasteiger partial charge in [0.1, 0.15) is 0 Å². The van der Waals surface area contributed by atoms with Crippen LogP contribution in [0.2, 0.25) is 0 Å². The van der Waals surface area contributed by atoms with Crippen LogP contribution in [0.5, 0.6) is 11.5 Å². The maximum Gasteiger partial charge on any atom is 0.231 e. The number of benzene rings is 1. The van der Waals surface area contributed by atoms with E-state index in [4.69, 9.17) is 9.47 Å². The molecule has 3 rings (SSSR count). The quantitative estimate of drug-likeness (QED) is 0.909. The SMILES string of the molecule is FCC[C@H](c1cc2c(cc1Br)OCO2)N1CCNCC1. The summed E-state index contributed by atoms with van der Waals surface area (Å²) in [5, 5.41) is 3.33. The van der Waals surface area contributed by atoms with Crippen molar-refractivity contribution in [3.8, 4) is 11.5 Å². The maximum absolute atomic E-state index is 13.0. The van der Waals surface area contributed by atoms with Crippen LogP contribution in [0, 0.1) is 0 Å². The van der Waals surface area contributed by atoms with Gasteiger partial charge in [-0.25, -0.2) is 0 Å². The van der Waals surface area contributed by atoms with Crippen LogP contribution in [-0.4, -0.2) is 44.5 Å². The van der Waals surface area contributed by atoms with Gasteiger partial charge in [0.15, 0.2) is 11.5 Å². The Morgan fingerprint density at radius 3 is 2.65 bits per heavy atom. The van der Waals surface area contributed by atoms with Crippen LogP contribution in [0.15, 0.2) is 16.6 Å². The molecular formula is C14H18BrFN2O2. The highest BCUT2D eigenvalue weighted by Gasteiger charge is 2.26. The summed E-state index contributed by atoms with van der Waals surface area (Å²) < 4.78 is 24.7. The molecule has 1 saturated heterocycles. The highest BCUT2D eigenvalue weighted by molar-refractivity contribution is 9.10. The van der Waals surface area contributed by atoms with E-state index >= 15 is 0 Å². The van der Waals surface area contributed by atoms with Crippen molar-refractivity contribution in [1.29, 1.82) is 0 Å². The first-order chi connectivity index (χ1) is 9.79. The van der Waals surface area contributed by atoms with Gasteiger partial charge in [-0.15, -0.1) is 0 Å². The van der Waals surface area contributed by atoms with Crippen LogP contribution >= 0.6 is 15.9 Å². The van der Waals surface area contributed by atoms with Gasteiger partial charge in [-0.3, -0.25) is 9.29 Å². The molecule has 6 heteroatoms. The van der Waals surface area contributed by atoms with Gasteiger partial charge in [0.2, 0.25) is 6.79 Å². The zero-order valence-electron chi connectivity index (χ0n) is 11.2. The number of nitrogens with zero attached hydrogens (tertiary/aromatic N) is 1. The molecule has 0 spiro atoms. The molecule has 0 unspecified atom stereocenters. The Hall–Kier alpha value is -0.850. The van der Waals surface area contributed by atoms with Gasteiger partial charge in [-0.2, -0.15) is 0 Å². The third-order valence-electron chi connectivity index (χ3n) is 3.83. The van der Waals surface area contributed by atoms with Crippen molar-refractivity contribution in [2.45, 2.75) is 12.5 Å². The molecule has 4 nitrogen and oxygen atoms in total. The molecule has 1 aromatic carbocycles. The number of halogens is 2. The fraction of sp³-hybridized carbons (Fsp3) is 0.571. The molecule has 1 aromatic rings. The van der Waals surface area contributed by atoms with Crippen LogP contribution in [0.3, 0.4) is 0 Å². The Morgan fingerprint density at radius 1 is 1.25 bits per heavy atom. The Labute approximate surface area is 126 Å². The Balaban J connectivity index is 1.90. The first-order valence-electron chi connectivity index (χ1n) is 6.89. The number of hydrogen-bond donors (Lipinski definition) is 1. The summed E-state index contributed by atoms with van der Waals surface area (Å²) in [5.74, 6) is 1.50. The van der Waals surface area contributed by atoms with Gasteiger partial charge in [-0.05, 0) is 24.1 Å². The second kappa shape index (κ2) is 6.28. The highest BCUT2D eigenvalue weighted by Crippen LogP contribution is 2.41. The monoisotopic (exact) mass is 344 g/mol. The van der Waals surface area contributed by atoms with Gasteiger partial charge in [0, 0.05) is 36.7 Å². The average molecular weight is 345 g/mol. The zero-order valence-corrected chi connectivity index (χ0v) is 12.8. The molecule has 110 valence electrons. The lowest BCUT2D eigenvalue weighted by Crippen LogP contribution is -2.45. The molecule has 2 aliphatic rings. The second-order valence-electron chi connectivity index (χ2n) is 5.01. The molecule has 1 N–H and O–H groups in total. The lowest BCUT2D eigenvalue weighted by atomic mass is 10.0. The fourth-order valence-corrected chi connectivity index (χ4v) is 3.41. The van der Waals surface area contributed by atoms with Crippen LogP contribution < -0.4 is 14.8 Å². The number of rotatable bonds is 4. The molecule has 1 atom stereocenters. The Kier molecular flexibility index (Phi) is 4.43. The van der Waals surface area contributed by atoms with E-state index in [2.05, 4.69) is 26.1 Å². The topological polar surface area (TPSA) is 33.7 Å². The summed E-state index contributed by atoms with van der Waals surface area (Å²) in [7, 11) is 0. The first kappa shape index (κ1) is 14.1. The van der Waals surface area contributed by atoms with E-state index in [-0.39, 0.29) is 19.5 Å². The van der Waals surface area contributed by atoms with Gasteiger partial charge >= 0.3 is 0 Å². The number of ether oxygens (including phenoxy) is 2. The van der Waals surface area contributed by atoms with Gasteiger partial charge in [-0.1, -0.05) is 15.9 Å². The van der Waals surface area contributed by atoms with Crippen LogP contribution in [0.4, 0.5) is 4.39 Å². The van der Waals surface area contributed by atoms with Crippen LogP contribution in [0.1, 0.15) is 18.0 Å². The van der Waals surface area contributed by atoms with Crippen molar-refractivity contribution in [3.63, 3.8) is 0 Å². The third-order valence-corrected chi connectivity index (χ3v) is 4.51. The molecular weight excluding hydrogens is 327 g/mol. The number of nitrogens with one attached hydrogen (secondary N) is 1. The summed E-state index contributed by atoms with van der Waals surface area (Å²) in [6, 6.07) is 3.98. The van der Waals surface area contributed by atoms with Crippen LogP contribution in [-0.2, 0) is 0 Å². The normalized spacial score (nSPS) is 20.1. The van der Waals surface area contributed by atoms with E-state index in [9.17, 15) is 4.39 Å². The second-order valence-corrected chi connectivity index (χ2v) is 5.86. The smallest absolute Gasteiger partial charge is 0.231 e. The molecule has 0 aromatic heterocycles. The molecule has 0 bridgehead atoms. The van der Waals surface area contributed by atoms with Crippen LogP contribution in [0.25, 0.3) is 0 Å². The molecule has 0 saturated carbocycles. The summed E-state index contributed by atoms with van der Waals surface area (Å²) in [4.78, 5) is 2.33. The number of piperazine rings is 1. The maximum atomic E-state index is 13.0. The molecule has 0 aliphatic carbocycles. The van der Waals surface area contributed by atoms with E-state index in [1.54, 1.807) is 0 Å². The zero-order chi connectivity index (χ0) is 13.9. The molecule has 2 heterocycles. The predicted octanol–water partition coefficient (Wildman–Crippen LogP) is 2.48. The molecule has 20 heavy (non-hydrogen) atoms. The Morgan fingerprint density at radius 2 is 1.95 bits per heavy atom. The summed E-state index contributed by atoms with van der Waals surface area (Å²) in [6.45, 7) is 3.70. The molecule has 1 fully saturated rings. The van der Waals surface area contributed by atoms with E-state index in [0.717, 1.165) is 47.7 Å².